The number of benzene rings is 2. The minimum Gasteiger partial charge on any atom is -0.354 e. The second kappa shape index (κ2) is 6.17. The summed E-state index contributed by atoms with van der Waals surface area (Å²) in [5.41, 5.74) is 2.14. The van der Waals surface area contributed by atoms with Gasteiger partial charge in [0.2, 0.25) is 0 Å². The number of hydrogen-bond acceptors (Lipinski definition) is 3. The van der Waals surface area contributed by atoms with Crippen LogP contribution in [0.2, 0.25) is 0 Å². The molecule has 0 aromatic heterocycles. The topological polar surface area (TPSA) is 23.6 Å². The number of rotatable bonds is 4. The molecule has 0 bridgehead atoms. The molecule has 2 saturated heterocycles. The summed E-state index contributed by atoms with van der Waals surface area (Å²) in [7, 11) is 0. The molecule has 2 aromatic carbocycles. The highest BCUT2D eigenvalue weighted by Gasteiger charge is 2.41. The van der Waals surface area contributed by atoms with Crippen LogP contribution in [0.3, 0.4) is 0 Å². The predicted octanol–water partition coefficient (Wildman–Crippen LogP) is 3.57. The zero-order valence-corrected chi connectivity index (χ0v) is 13.3. The SMILES string of the molecule is O=C(CC1CCC2N(c3ccccc3)CCN12)c1ccccc1. The van der Waals surface area contributed by atoms with Gasteiger partial charge in [0.25, 0.3) is 0 Å². The zero-order chi connectivity index (χ0) is 15.6. The minimum absolute atomic E-state index is 0.273. The van der Waals surface area contributed by atoms with E-state index in [9.17, 15) is 4.79 Å². The van der Waals surface area contributed by atoms with Gasteiger partial charge >= 0.3 is 0 Å². The van der Waals surface area contributed by atoms with Crippen molar-refractivity contribution in [3.05, 3.63) is 66.2 Å². The summed E-state index contributed by atoms with van der Waals surface area (Å²) in [5.74, 6) is 0.273. The van der Waals surface area contributed by atoms with Crippen molar-refractivity contribution in [2.24, 2.45) is 0 Å². The number of fused-ring (bicyclic) bond motifs is 1. The molecule has 2 aromatic rings. The molecule has 3 heteroatoms. The Balaban J connectivity index is 1.45. The summed E-state index contributed by atoms with van der Waals surface area (Å²) in [6.45, 7) is 2.12. The summed E-state index contributed by atoms with van der Waals surface area (Å²) >= 11 is 0. The molecule has 4 rings (SSSR count). The van der Waals surface area contributed by atoms with E-state index in [0.717, 1.165) is 31.5 Å². The van der Waals surface area contributed by atoms with Gasteiger partial charge in [0.1, 0.15) is 0 Å². The molecule has 23 heavy (non-hydrogen) atoms. The van der Waals surface area contributed by atoms with Crippen molar-refractivity contribution in [3.63, 3.8) is 0 Å². The van der Waals surface area contributed by atoms with Gasteiger partial charge in [-0.3, -0.25) is 9.69 Å². The first-order valence-corrected chi connectivity index (χ1v) is 8.48. The zero-order valence-electron chi connectivity index (χ0n) is 13.3. The highest BCUT2D eigenvalue weighted by Crippen LogP contribution is 2.35. The second-order valence-electron chi connectivity index (χ2n) is 6.47. The van der Waals surface area contributed by atoms with Gasteiger partial charge in [0.05, 0.1) is 6.17 Å². The quantitative estimate of drug-likeness (QED) is 0.807. The number of hydrogen-bond donors (Lipinski definition) is 0. The molecule has 0 N–H and O–H groups in total. The number of nitrogens with zero attached hydrogens (tertiary/aromatic N) is 2. The van der Waals surface area contributed by atoms with Gasteiger partial charge in [0, 0.05) is 36.8 Å². The molecule has 0 radical (unpaired) electrons. The van der Waals surface area contributed by atoms with Crippen LogP contribution in [0.15, 0.2) is 60.7 Å². The van der Waals surface area contributed by atoms with Gasteiger partial charge in [-0.15, -0.1) is 0 Å². The molecule has 0 saturated carbocycles. The van der Waals surface area contributed by atoms with E-state index in [4.69, 9.17) is 0 Å². The van der Waals surface area contributed by atoms with Crippen LogP contribution >= 0.6 is 0 Å². The molecule has 0 spiro atoms. The van der Waals surface area contributed by atoms with Crippen LogP contribution in [-0.2, 0) is 0 Å². The Kier molecular flexibility index (Phi) is 3.88. The Morgan fingerprint density at radius 2 is 1.61 bits per heavy atom. The molecule has 3 nitrogen and oxygen atoms in total. The lowest BCUT2D eigenvalue weighted by molar-refractivity contribution is 0.0941. The second-order valence-corrected chi connectivity index (χ2v) is 6.47. The van der Waals surface area contributed by atoms with E-state index in [1.165, 1.54) is 5.69 Å². The van der Waals surface area contributed by atoms with Crippen molar-refractivity contribution in [3.8, 4) is 0 Å². The lowest BCUT2D eigenvalue weighted by atomic mass is 10.0. The fourth-order valence-corrected chi connectivity index (χ4v) is 4.05. The predicted molar refractivity (Wildman–Crippen MR) is 92.7 cm³/mol. The van der Waals surface area contributed by atoms with Crippen molar-refractivity contribution >= 4 is 11.5 Å². The van der Waals surface area contributed by atoms with Gasteiger partial charge in [0.15, 0.2) is 5.78 Å². The molecule has 2 unspecified atom stereocenters. The molecular formula is C20H22N2O. The average Bonchev–Trinajstić information content (AvgIpc) is 3.19. The third-order valence-electron chi connectivity index (χ3n) is 5.17. The van der Waals surface area contributed by atoms with Crippen LogP contribution in [0, 0.1) is 0 Å². The van der Waals surface area contributed by atoms with Gasteiger partial charge in [-0.05, 0) is 25.0 Å². The lowest BCUT2D eigenvalue weighted by Crippen LogP contribution is -2.38. The maximum absolute atomic E-state index is 12.5. The summed E-state index contributed by atoms with van der Waals surface area (Å²) < 4.78 is 0. The third-order valence-corrected chi connectivity index (χ3v) is 5.17. The number of carbonyl (C=O) groups excluding carboxylic acids is 1. The van der Waals surface area contributed by atoms with Gasteiger partial charge in [-0.2, -0.15) is 0 Å². The molecule has 0 aliphatic carbocycles. The van der Waals surface area contributed by atoms with Crippen molar-refractivity contribution < 1.29 is 4.79 Å². The fourth-order valence-electron chi connectivity index (χ4n) is 4.05. The standard InChI is InChI=1S/C20H22N2O/c23-19(16-7-3-1-4-8-16)15-18-11-12-20-21(13-14-22(18)20)17-9-5-2-6-10-17/h1-10,18,20H,11-15H2. The molecule has 0 amide bonds. The Bertz CT molecular complexity index is 671. The molecule has 118 valence electrons. The first-order valence-electron chi connectivity index (χ1n) is 8.48. The summed E-state index contributed by atoms with van der Waals surface area (Å²) in [4.78, 5) is 17.5. The molecule has 2 fully saturated rings. The van der Waals surface area contributed by atoms with E-state index in [0.29, 0.717) is 18.6 Å². The molecular weight excluding hydrogens is 284 g/mol. The summed E-state index contributed by atoms with van der Waals surface area (Å²) in [6.07, 6.45) is 3.38. The maximum atomic E-state index is 12.5. The number of para-hydroxylation sites is 1. The van der Waals surface area contributed by atoms with Crippen LogP contribution in [0.25, 0.3) is 0 Å². The molecule has 2 heterocycles. The van der Waals surface area contributed by atoms with E-state index >= 15 is 0 Å². The maximum Gasteiger partial charge on any atom is 0.164 e. The molecule has 2 aliphatic heterocycles. The van der Waals surface area contributed by atoms with Crippen LogP contribution in [0.5, 0.6) is 0 Å². The Hall–Kier alpha value is -2.13. The van der Waals surface area contributed by atoms with Crippen LogP contribution in [-0.4, -0.2) is 36.0 Å². The fraction of sp³-hybridized carbons (Fsp3) is 0.350. The summed E-state index contributed by atoms with van der Waals surface area (Å²) in [6, 6.07) is 20.7. The van der Waals surface area contributed by atoms with E-state index in [1.807, 2.05) is 30.3 Å². The average molecular weight is 306 g/mol. The number of ketones is 1. The highest BCUT2D eigenvalue weighted by atomic mass is 16.1. The molecule has 2 aliphatic rings. The third kappa shape index (κ3) is 2.77. The van der Waals surface area contributed by atoms with E-state index in [-0.39, 0.29) is 5.78 Å². The van der Waals surface area contributed by atoms with E-state index < -0.39 is 0 Å². The van der Waals surface area contributed by atoms with E-state index in [1.54, 1.807) is 0 Å². The minimum atomic E-state index is 0.273. The smallest absolute Gasteiger partial charge is 0.164 e. The van der Waals surface area contributed by atoms with Gasteiger partial charge in [-0.25, -0.2) is 0 Å². The van der Waals surface area contributed by atoms with Crippen LogP contribution in [0.1, 0.15) is 29.6 Å². The Morgan fingerprint density at radius 1 is 0.913 bits per heavy atom. The molecule has 2 atom stereocenters. The highest BCUT2D eigenvalue weighted by molar-refractivity contribution is 5.96. The van der Waals surface area contributed by atoms with Crippen molar-refractivity contribution in [1.29, 1.82) is 0 Å². The Morgan fingerprint density at radius 3 is 2.35 bits per heavy atom. The summed E-state index contributed by atoms with van der Waals surface area (Å²) in [5, 5.41) is 0. The van der Waals surface area contributed by atoms with Crippen LogP contribution in [0.4, 0.5) is 5.69 Å². The first kappa shape index (κ1) is 14.5. The number of carbonyl (C=O) groups is 1. The van der Waals surface area contributed by atoms with E-state index in [2.05, 4.69) is 40.1 Å². The lowest BCUT2D eigenvalue weighted by Gasteiger charge is -2.28. The normalized spacial score (nSPS) is 23.9. The monoisotopic (exact) mass is 306 g/mol. The van der Waals surface area contributed by atoms with Gasteiger partial charge in [-0.1, -0.05) is 48.5 Å². The Labute approximate surface area is 137 Å². The van der Waals surface area contributed by atoms with Gasteiger partial charge < -0.3 is 4.90 Å². The number of Topliss-reactive ketones (excluding diaryl/α,β-unsaturated/α-hetero) is 1. The van der Waals surface area contributed by atoms with Crippen molar-refractivity contribution in [1.82, 2.24) is 4.90 Å². The van der Waals surface area contributed by atoms with Crippen molar-refractivity contribution in [2.75, 3.05) is 18.0 Å². The van der Waals surface area contributed by atoms with Crippen LogP contribution < -0.4 is 4.90 Å². The number of anilines is 1. The first-order chi connectivity index (χ1) is 11.3. The largest absolute Gasteiger partial charge is 0.354 e. The van der Waals surface area contributed by atoms with Crippen molar-refractivity contribution in [2.45, 2.75) is 31.5 Å².